The Hall–Kier alpha value is -3.14. The Labute approximate surface area is 152 Å². The molecule has 3 aromatic rings. The highest BCUT2D eigenvalue weighted by Crippen LogP contribution is 2.49. The predicted octanol–water partition coefficient (Wildman–Crippen LogP) is 3.61. The third kappa shape index (κ3) is 3.31. The van der Waals surface area contributed by atoms with Crippen LogP contribution in [0.5, 0.6) is 0 Å². The van der Waals surface area contributed by atoms with E-state index in [0.29, 0.717) is 0 Å². The molecule has 4 rings (SSSR count). The summed E-state index contributed by atoms with van der Waals surface area (Å²) in [6, 6.07) is 21.8. The molecule has 1 aliphatic carbocycles. The Morgan fingerprint density at radius 1 is 0.962 bits per heavy atom. The molecule has 3 aromatic carbocycles. The average molecular weight is 344 g/mol. The number of hydrogen-bond acceptors (Lipinski definition) is 2. The number of primary amides is 1. The van der Waals surface area contributed by atoms with Crippen LogP contribution in [0, 0.1) is 5.92 Å². The second-order valence-corrected chi connectivity index (χ2v) is 6.85. The van der Waals surface area contributed by atoms with Gasteiger partial charge in [-0.1, -0.05) is 54.6 Å². The molecular formula is C22H20N2O2. The standard InChI is InChI=1S/C22H20N2O2/c23-21(25)12-14-8-10-16(11-9-14)24-22(26)20-13-19(20)18-7-3-5-15-4-1-2-6-17(15)18/h1-11,19-20H,12-13H2,(H2,23,25)(H,24,26)/t19-,20-/m1/s1. The summed E-state index contributed by atoms with van der Waals surface area (Å²) < 4.78 is 0. The fourth-order valence-corrected chi connectivity index (χ4v) is 3.54. The first kappa shape index (κ1) is 16.3. The number of nitrogens with one attached hydrogen (secondary N) is 1. The van der Waals surface area contributed by atoms with Gasteiger partial charge in [0.05, 0.1) is 6.42 Å². The van der Waals surface area contributed by atoms with E-state index in [0.717, 1.165) is 17.7 Å². The minimum absolute atomic E-state index is 0.00565. The van der Waals surface area contributed by atoms with Gasteiger partial charge in [-0.25, -0.2) is 0 Å². The van der Waals surface area contributed by atoms with Crippen LogP contribution in [0.3, 0.4) is 0 Å². The topological polar surface area (TPSA) is 72.2 Å². The molecule has 4 nitrogen and oxygen atoms in total. The van der Waals surface area contributed by atoms with Gasteiger partial charge >= 0.3 is 0 Å². The van der Waals surface area contributed by atoms with Gasteiger partial charge in [-0.05, 0) is 46.4 Å². The molecule has 0 radical (unpaired) electrons. The molecule has 3 N–H and O–H groups in total. The number of fused-ring (bicyclic) bond motifs is 1. The summed E-state index contributed by atoms with van der Waals surface area (Å²) in [6.45, 7) is 0. The third-order valence-electron chi connectivity index (χ3n) is 4.95. The summed E-state index contributed by atoms with van der Waals surface area (Å²) in [5.74, 6) is -0.0374. The fraction of sp³-hybridized carbons (Fsp3) is 0.182. The minimum Gasteiger partial charge on any atom is -0.369 e. The number of benzene rings is 3. The molecule has 4 heteroatoms. The largest absolute Gasteiger partial charge is 0.369 e. The van der Waals surface area contributed by atoms with Crippen molar-refractivity contribution in [1.82, 2.24) is 0 Å². The zero-order valence-corrected chi connectivity index (χ0v) is 14.3. The van der Waals surface area contributed by atoms with Gasteiger partial charge in [0.25, 0.3) is 0 Å². The second kappa shape index (κ2) is 6.64. The molecule has 0 unspecified atom stereocenters. The van der Waals surface area contributed by atoms with Crippen LogP contribution in [0.25, 0.3) is 10.8 Å². The van der Waals surface area contributed by atoms with E-state index >= 15 is 0 Å². The van der Waals surface area contributed by atoms with Gasteiger partial charge in [-0.15, -0.1) is 0 Å². The Morgan fingerprint density at radius 2 is 1.69 bits per heavy atom. The molecule has 0 aliphatic heterocycles. The van der Waals surface area contributed by atoms with Gasteiger partial charge in [-0.3, -0.25) is 9.59 Å². The first-order chi connectivity index (χ1) is 12.6. The van der Waals surface area contributed by atoms with Gasteiger partial charge in [-0.2, -0.15) is 0 Å². The Bertz CT molecular complexity index is 974. The number of rotatable bonds is 5. The van der Waals surface area contributed by atoms with Crippen molar-refractivity contribution in [2.45, 2.75) is 18.8 Å². The number of carbonyl (C=O) groups excluding carboxylic acids is 2. The summed E-state index contributed by atoms with van der Waals surface area (Å²) in [6.07, 6.45) is 1.08. The molecule has 26 heavy (non-hydrogen) atoms. The normalized spacial score (nSPS) is 18.5. The zero-order valence-electron chi connectivity index (χ0n) is 14.3. The molecule has 0 bridgehead atoms. The Kier molecular flexibility index (Phi) is 4.17. The molecule has 0 saturated heterocycles. The lowest BCUT2D eigenvalue weighted by Crippen LogP contribution is -2.15. The molecule has 0 aromatic heterocycles. The number of nitrogens with two attached hydrogens (primary N) is 1. The van der Waals surface area contributed by atoms with E-state index in [4.69, 9.17) is 5.73 Å². The van der Waals surface area contributed by atoms with E-state index in [9.17, 15) is 9.59 Å². The van der Waals surface area contributed by atoms with Gasteiger partial charge in [0, 0.05) is 11.6 Å². The Morgan fingerprint density at radius 3 is 2.46 bits per heavy atom. The maximum Gasteiger partial charge on any atom is 0.228 e. The summed E-state index contributed by atoms with van der Waals surface area (Å²) in [5, 5.41) is 5.41. The van der Waals surface area contributed by atoms with E-state index < -0.39 is 0 Å². The fourth-order valence-electron chi connectivity index (χ4n) is 3.54. The van der Waals surface area contributed by atoms with Crippen LogP contribution in [0.4, 0.5) is 5.69 Å². The van der Waals surface area contributed by atoms with Gasteiger partial charge < -0.3 is 11.1 Å². The van der Waals surface area contributed by atoms with Crippen LogP contribution in [0.15, 0.2) is 66.7 Å². The molecule has 0 heterocycles. The van der Waals surface area contributed by atoms with Crippen LogP contribution in [0.2, 0.25) is 0 Å². The molecular weight excluding hydrogens is 324 g/mol. The summed E-state index contributed by atoms with van der Waals surface area (Å²) >= 11 is 0. The predicted molar refractivity (Wildman–Crippen MR) is 103 cm³/mol. The van der Waals surface area contributed by atoms with E-state index in [-0.39, 0.29) is 30.1 Å². The highest BCUT2D eigenvalue weighted by atomic mass is 16.2. The number of hydrogen-bond donors (Lipinski definition) is 2. The number of anilines is 1. The van der Waals surface area contributed by atoms with Crippen molar-refractivity contribution in [3.63, 3.8) is 0 Å². The molecule has 130 valence electrons. The summed E-state index contributed by atoms with van der Waals surface area (Å²) in [7, 11) is 0. The van der Waals surface area contributed by atoms with Crippen molar-refractivity contribution in [2.24, 2.45) is 11.7 Å². The molecule has 2 atom stereocenters. The van der Waals surface area contributed by atoms with E-state index in [1.807, 2.05) is 36.4 Å². The van der Waals surface area contributed by atoms with Crippen molar-refractivity contribution in [3.05, 3.63) is 77.9 Å². The lowest BCUT2D eigenvalue weighted by molar-refractivity contribution is -0.118. The average Bonchev–Trinajstić information content (AvgIpc) is 3.43. The number of amides is 2. The van der Waals surface area contributed by atoms with Crippen molar-refractivity contribution < 1.29 is 9.59 Å². The van der Waals surface area contributed by atoms with Crippen molar-refractivity contribution in [2.75, 3.05) is 5.32 Å². The minimum atomic E-state index is -0.363. The second-order valence-electron chi connectivity index (χ2n) is 6.85. The van der Waals surface area contributed by atoms with Crippen LogP contribution >= 0.6 is 0 Å². The van der Waals surface area contributed by atoms with Gasteiger partial charge in [0.1, 0.15) is 0 Å². The lowest BCUT2D eigenvalue weighted by Gasteiger charge is -2.08. The Balaban J connectivity index is 1.45. The van der Waals surface area contributed by atoms with Crippen molar-refractivity contribution >= 4 is 28.3 Å². The first-order valence-electron chi connectivity index (χ1n) is 8.77. The van der Waals surface area contributed by atoms with Crippen LogP contribution in [-0.4, -0.2) is 11.8 Å². The molecule has 0 spiro atoms. The van der Waals surface area contributed by atoms with Gasteiger partial charge in [0.2, 0.25) is 11.8 Å². The van der Waals surface area contributed by atoms with Crippen molar-refractivity contribution in [3.8, 4) is 0 Å². The third-order valence-corrected chi connectivity index (χ3v) is 4.95. The monoisotopic (exact) mass is 344 g/mol. The number of carbonyl (C=O) groups is 2. The SMILES string of the molecule is NC(=O)Cc1ccc(NC(=O)[C@@H]2C[C@@H]2c2cccc3ccccc23)cc1. The van der Waals surface area contributed by atoms with E-state index in [1.165, 1.54) is 16.3 Å². The molecule has 2 amide bonds. The van der Waals surface area contributed by atoms with E-state index in [2.05, 4.69) is 35.6 Å². The smallest absolute Gasteiger partial charge is 0.228 e. The molecule has 1 saturated carbocycles. The zero-order chi connectivity index (χ0) is 18.1. The quantitative estimate of drug-likeness (QED) is 0.742. The summed E-state index contributed by atoms with van der Waals surface area (Å²) in [4.78, 5) is 23.5. The first-order valence-corrected chi connectivity index (χ1v) is 8.77. The lowest BCUT2D eigenvalue weighted by atomic mass is 10.00. The molecule has 1 fully saturated rings. The molecule has 1 aliphatic rings. The highest BCUT2D eigenvalue weighted by molar-refractivity contribution is 5.96. The van der Waals surface area contributed by atoms with Crippen molar-refractivity contribution in [1.29, 1.82) is 0 Å². The van der Waals surface area contributed by atoms with Crippen LogP contribution in [-0.2, 0) is 16.0 Å². The van der Waals surface area contributed by atoms with E-state index in [1.54, 1.807) is 0 Å². The van der Waals surface area contributed by atoms with Gasteiger partial charge in [0.15, 0.2) is 0 Å². The summed E-state index contributed by atoms with van der Waals surface area (Å²) in [5.41, 5.74) is 8.03. The van der Waals surface area contributed by atoms with Crippen LogP contribution < -0.4 is 11.1 Å². The maximum absolute atomic E-state index is 12.6. The highest BCUT2D eigenvalue weighted by Gasteiger charge is 2.44. The van der Waals surface area contributed by atoms with Crippen LogP contribution in [0.1, 0.15) is 23.5 Å². The maximum atomic E-state index is 12.6.